The first-order valence-electron chi connectivity index (χ1n) is 12.1. The average molecular weight is 521 g/mol. The molecule has 9 heteroatoms. The number of hydrogen-bond acceptors (Lipinski definition) is 6. The number of aryl methyl sites for hydroxylation is 1. The first kappa shape index (κ1) is 25.0. The highest BCUT2D eigenvalue weighted by Gasteiger charge is 2.47. The first-order valence-corrected chi connectivity index (χ1v) is 13.5. The van der Waals surface area contributed by atoms with Crippen molar-refractivity contribution in [1.29, 1.82) is 0 Å². The zero-order valence-electron chi connectivity index (χ0n) is 20.9. The third-order valence-corrected chi connectivity index (χ3v) is 8.56. The van der Waals surface area contributed by atoms with E-state index < -0.39 is 27.9 Å². The summed E-state index contributed by atoms with van der Waals surface area (Å²) < 4.78 is 39.7. The largest absolute Gasteiger partial charge is 0.454 e. The van der Waals surface area contributed by atoms with Crippen LogP contribution in [0.1, 0.15) is 42.9 Å². The number of nitrogens with zero attached hydrogens (tertiary/aromatic N) is 2. The zero-order chi connectivity index (χ0) is 26.3. The minimum absolute atomic E-state index is 0.0545. The Bertz CT molecular complexity index is 1450. The van der Waals surface area contributed by atoms with E-state index in [0.717, 1.165) is 20.3 Å². The quantitative estimate of drug-likeness (QED) is 0.430. The van der Waals surface area contributed by atoms with Gasteiger partial charge in [0, 0.05) is 6.54 Å². The number of imide groups is 1. The third kappa shape index (κ3) is 4.72. The number of carbonyl (C=O) groups excluding carboxylic acids is 2. The lowest BCUT2D eigenvalue weighted by atomic mass is 10.0. The van der Waals surface area contributed by atoms with Crippen molar-refractivity contribution in [3.05, 3.63) is 83.4 Å². The third-order valence-electron chi connectivity index (χ3n) is 6.69. The summed E-state index contributed by atoms with van der Waals surface area (Å²) in [6.07, 6.45) is -0.250. The Morgan fingerprint density at radius 3 is 2.30 bits per heavy atom. The van der Waals surface area contributed by atoms with Crippen molar-refractivity contribution in [2.75, 3.05) is 11.7 Å². The average Bonchev–Trinajstić information content (AvgIpc) is 3.46. The van der Waals surface area contributed by atoms with Crippen LogP contribution in [0.25, 0.3) is 0 Å². The standard InChI is InChI=1S/C28H28N2O6S/c1-18(2)21-7-9-22(10-8-21)30-27(31)15-24(28(30)32)29(37(33,34)23-11-4-19(3)5-12-23)16-20-6-13-25-26(14-20)36-17-35-25/h4-14,18,24H,15-17H2,1-3H3. The molecule has 0 bridgehead atoms. The molecule has 3 aromatic carbocycles. The van der Waals surface area contributed by atoms with Crippen molar-refractivity contribution in [3.63, 3.8) is 0 Å². The monoisotopic (exact) mass is 520 g/mol. The second-order valence-electron chi connectivity index (χ2n) is 9.58. The Balaban J connectivity index is 1.52. The van der Waals surface area contributed by atoms with Gasteiger partial charge in [-0.25, -0.2) is 13.3 Å². The molecule has 0 saturated carbocycles. The fourth-order valence-corrected chi connectivity index (χ4v) is 6.12. The van der Waals surface area contributed by atoms with E-state index in [4.69, 9.17) is 9.47 Å². The van der Waals surface area contributed by atoms with Crippen LogP contribution < -0.4 is 14.4 Å². The Kier molecular flexibility index (Phi) is 6.51. The number of rotatable bonds is 7. The van der Waals surface area contributed by atoms with Crippen molar-refractivity contribution in [3.8, 4) is 11.5 Å². The molecule has 2 aliphatic heterocycles. The van der Waals surface area contributed by atoms with Crippen LogP contribution in [-0.2, 0) is 26.2 Å². The number of sulfonamides is 1. The van der Waals surface area contributed by atoms with Crippen LogP contribution in [0.4, 0.5) is 5.69 Å². The van der Waals surface area contributed by atoms with E-state index in [1.807, 2.05) is 19.1 Å². The highest BCUT2D eigenvalue weighted by molar-refractivity contribution is 7.89. The van der Waals surface area contributed by atoms with Crippen molar-refractivity contribution >= 4 is 27.5 Å². The molecule has 2 heterocycles. The van der Waals surface area contributed by atoms with Gasteiger partial charge >= 0.3 is 0 Å². The summed E-state index contributed by atoms with van der Waals surface area (Å²) in [6.45, 7) is 5.95. The van der Waals surface area contributed by atoms with Crippen molar-refractivity contribution in [2.45, 2.75) is 50.6 Å². The van der Waals surface area contributed by atoms with Crippen LogP contribution >= 0.6 is 0 Å². The summed E-state index contributed by atoms with van der Waals surface area (Å²) >= 11 is 0. The number of hydrogen-bond donors (Lipinski definition) is 0. The van der Waals surface area contributed by atoms with Gasteiger partial charge in [-0.05, 0) is 60.4 Å². The van der Waals surface area contributed by atoms with Gasteiger partial charge in [0.05, 0.1) is 17.0 Å². The van der Waals surface area contributed by atoms with Crippen LogP contribution in [0, 0.1) is 6.92 Å². The smallest absolute Gasteiger partial charge is 0.252 e. The van der Waals surface area contributed by atoms with Crippen LogP contribution in [-0.4, -0.2) is 37.4 Å². The Morgan fingerprint density at radius 2 is 1.62 bits per heavy atom. The summed E-state index contributed by atoms with van der Waals surface area (Å²) in [5.74, 6) is 0.357. The molecule has 0 spiro atoms. The van der Waals surface area contributed by atoms with Gasteiger partial charge in [-0.1, -0.05) is 49.7 Å². The number of fused-ring (bicyclic) bond motifs is 1. The molecule has 2 amide bonds. The summed E-state index contributed by atoms with van der Waals surface area (Å²) in [7, 11) is -4.13. The number of amides is 2. The van der Waals surface area contributed by atoms with Crippen LogP contribution in [0.3, 0.4) is 0 Å². The molecule has 37 heavy (non-hydrogen) atoms. The Labute approximate surface area is 216 Å². The maximum atomic E-state index is 13.9. The second kappa shape index (κ2) is 9.64. The summed E-state index contributed by atoms with van der Waals surface area (Å²) in [5, 5.41) is 0. The molecular weight excluding hydrogens is 492 g/mol. The molecule has 8 nitrogen and oxygen atoms in total. The van der Waals surface area contributed by atoms with Gasteiger partial charge in [0.1, 0.15) is 6.04 Å². The summed E-state index contributed by atoms with van der Waals surface area (Å²) in [4.78, 5) is 27.9. The maximum Gasteiger partial charge on any atom is 0.252 e. The Hall–Kier alpha value is -3.69. The van der Waals surface area contributed by atoms with E-state index in [-0.39, 0.29) is 24.7 Å². The molecule has 0 N–H and O–H groups in total. The van der Waals surface area contributed by atoms with Gasteiger partial charge < -0.3 is 9.47 Å². The molecule has 0 radical (unpaired) electrons. The lowest BCUT2D eigenvalue weighted by Gasteiger charge is -2.27. The molecule has 1 atom stereocenters. The van der Waals surface area contributed by atoms with E-state index in [1.165, 1.54) is 12.1 Å². The topological polar surface area (TPSA) is 93.2 Å². The maximum absolute atomic E-state index is 13.9. The van der Waals surface area contributed by atoms with Gasteiger partial charge in [-0.3, -0.25) is 9.59 Å². The normalized spacial score (nSPS) is 17.3. The SMILES string of the molecule is Cc1ccc(S(=O)(=O)N(Cc2ccc3c(c2)OCO3)C2CC(=O)N(c3ccc(C(C)C)cc3)C2=O)cc1. The molecule has 1 unspecified atom stereocenters. The van der Waals surface area contributed by atoms with Crippen LogP contribution in [0.15, 0.2) is 71.6 Å². The van der Waals surface area contributed by atoms with Gasteiger partial charge in [0.2, 0.25) is 22.7 Å². The van der Waals surface area contributed by atoms with Crippen LogP contribution in [0.2, 0.25) is 0 Å². The number of benzene rings is 3. The van der Waals surface area contributed by atoms with Gasteiger partial charge in [-0.15, -0.1) is 0 Å². The van der Waals surface area contributed by atoms with E-state index >= 15 is 0 Å². The number of anilines is 1. The summed E-state index contributed by atoms with van der Waals surface area (Å²) in [5.41, 5.74) is 3.02. The molecular formula is C28H28N2O6S. The van der Waals surface area contributed by atoms with Crippen LogP contribution in [0.5, 0.6) is 11.5 Å². The fourth-order valence-electron chi connectivity index (χ4n) is 4.55. The number of ether oxygens (including phenoxy) is 2. The predicted octanol–water partition coefficient (Wildman–Crippen LogP) is 4.37. The first-order chi connectivity index (χ1) is 17.6. The highest BCUT2D eigenvalue weighted by atomic mass is 32.2. The molecule has 192 valence electrons. The molecule has 2 aliphatic rings. The lowest BCUT2D eigenvalue weighted by molar-refractivity contribution is -0.122. The van der Waals surface area contributed by atoms with E-state index in [0.29, 0.717) is 28.7 Å². The molecule has 1 fully saturated rings. The predicted molar refractivity (Wildman–Crippen MR) is 138 cm³/mol. The van der Waals surface area contributed by atoms with E-state index in [2.05, 4.69) is 13.8 Å². The minimum Gasteiger partial charge on any atom is -0.454 e. The molecule has 3 aromatic rings. The van der Waals surface area contributed by atoms with Crippen molar-refractivity contribution in [2.24, 2.45) is 0 Å². The Morgan fingerprint density at radius 1 is 0.946 bits per heavy atom. The second-order valence-corrected chi connectivity index (χ2v) is 11.5. The van der Waals surface area contributed by atoms with Gasteiger partial charge in [-0.2, -0.15) is 4.31 Å². The van der Waals surface area contributed by atoms with Crippen molar-refractivity contribution < 1.29 is 27.5 Å². The zero-order valence-corrected chi connectivity index (χ0v) is 21.7. The lowest BCUT2D eigenvalue weighted by Crippen LogP contribution is -2.45. The molecule has 1 saturated heterocycles. The summed E-state index contributed by atoms with van der Waals surface area (Å²) in [6, 6.07) is 17.6. The van der Waals surface area contributed by atoms with E-state index in [1.54, 1.807) is 42.5 Å². The molecule has 5 rings (SSSR count). The van der Waals surface area contributed by atoms with Gasteiger partial charge in [0.15, 0.2) is 11.5 Å². The number of carbonyl (C=O) groups is 2. The van der Waals surface area contributed by atoms with Crippen molar-refractivity contribution in [1.82, 2.24) is 4.31 Å². The highest BCUT2D eigenvalue weighted by Crippen LogP contribution is 2.35. The molecule has 0 aliphatic carbocycles. The minimum atomic E-state index is -4.13. The van der Waals surface area contributed by atoms with E-state index in [9.17, 15) is 18.0 Å². The fraction of sp³-hybridized carbons (Fsp3) is 0.286. The van der Waals surface area contributed by atoms with Gasteiger partial charge in [0.25, 0.3) is 5.91 Å². The molecule has 0 aromatic heterocycles.